The van der Waals surface area contributed by atoms with Crippen molar-refractivity contribution in [1.82, 2.24) is 4.98 Å². The molecule has 4 nitrogen and oxygen atoms in total. The van der Waals surface area contributed by atoms with E-state index in [1.165, 1.54) is 11.8 Å². The summed E-state index contributed by atoms with van der Waals surface area (Å²) in [6.45, 7) is 0. The Morgan fingerprint density at radius 1 is 1.30 bits per heavy atom. The summed E-state index contributed by atoms with van der Waals surface area (Å²) in [7, 11) is 0. The molecule has 1 aromatic carbocycles. The van der Waals surface area contributed by atoms with Gasteiger partial charge < -0.3 is 10.5 Å². The molecule has 20 heavy (non-hydrogen) atoms. The average molecular weight is 268 g/mol. The van der Waals surface area contributed by atoms with Gasteiger partial charge in [0.05, 0.1) is 17.4 Å². The number of hydrogen-bond acceptors (Lipinski definition) is 4. The molecule has 1 aliphatic carbocycles. The highest BCUT2D eigenvalue weighted by Gasteiger charge is 2.24. The van der Waals surface area contributed by atoms with Crippen molar-refractivity contribution in [2.45, 2.75) is 25.4 Å². The number of carbonyl (C=O) groups is 1. The SMILES string of the molecule is Nc1cnccc1C(=O)OC1CCCc2ccccc21. The van der Waals surface area contributed by atoms with Gasteiger partial charge in [-0.05, 0) is 36.5 Å². The molecule has 1 heterocycles. The number of pyridine rings is 1. The van der Waals surface area contributed by atoms with Gasteiger partial charge in [-0.3, -0.25) is 4.98 Å². The van der Waals surface area contributed by atoms with E-state index >= 15 is 0 Å². The molecule has 0 fully saturated rings. The van der Waals surface area contributed by atoms with Crippen molar-refractivity contribution < 1.29 is 9.53 Å². The van der Waals surface area contributed by atoms with Crippen molar-refractivity contribution in [1.29, 1.82) is 0 Å². The summed E-state index contributed by atoms with van der Waals surface area (Å²) in [5.74, 6) is -0.383. The summed E-state index contributed by atoms with van der Waals surface area (Å²) >= 11 is 0. The van der Waals surface area contributed by atoms with Gasteiger partial charge in [0.1, 0.15) is 6.10 Å². The quantitative estimate of drug-likeness (QED) is 0.850. The summed E-state index contributed by atoms with van der Waals surface area (Å²) in [4.78, 5) is 16.1. The lowest BCUT2D eigenvalue weighted by Gasteiger charge is -2.25. The molecular formula is C16H16N2O2. The van der Waals surface area contributed by atoms with E-state index in [-0.39, 0.29) is 12.1 Å². The van der Waals surface area contributed by atoms with Crippen LogP contribution < -0.4 is 5.73 Å². The molecule has 2 aromatic rings. The van der Waals surface area contributed by atoms with E-state index in [9.17, 15) is 4.79 Å². The van der Waals surface area contributed by atoms with Gasteiger partial charge in [-0.2, -0.15) is 0 Å². The van der Waals surface area contributed by atoms with Crippen LogP contribution in [0.4, 0.5) is 5.69 Å². The number of aryl methyl sites for hydroxylation is 1. The summed E-state index contributed by atoms with van der Waals surface area (Å²) in [5.41, 5.74) is 8.86. The highest BCUT2D eigenvalue weighted by molar-refractivity contribution is 5.94. The predicted octanol–water partition coefficient (Wildman–Crippen LogP) is 2.90. The van der Waals surface area contributed by atoms with Crippen molar-refractivity contribution in [3.05, 3.63) is 59.4 Å². The molecule has 102 valence electrons. The van der Waals surface area contributed by atoms with E-state index < -0.39 is 0 Å². The minimum absolute atomic E-state index is 0.181. The van der Waals surface area contributed by atoms with Gasteiger partial charge in [0.25, 0.3) is 0 Å². The third-order valence-electron chi connectivity index (χ3n) is 3.64. The lowest BCUT2D eigenvalue weighted by Crippen LogP contribution is -2.17. The van der Waals surface area contributed by atoms with E-state index in [1.807, 2.05) is 18.2 Å². The third-order valence-corrected chi connectivity index (χ3v) is 3.64. The molecule has 1 unspecified atom stereocenters. The maximum atomic E-state index is 12.2. The molecule has 0 amide bonds. The first kappa shape index (κ1) is 12.7. The van der Waals surface area contributed by atoms with Gasteiger partial charge in [-0.25, -0.2) is 4.79 Å². The minimum atomic E-state index is -0.383. The maximum Gasteiger partial charge on any atom is 0.340 e. The topological polar surface area (TPSA) is 65.2 Å². The monoisotopic (exact) mass is 268 g/mol. The predicted molar refractivity (Wildman–Crippen MR) is 76.2 cm³/mol. The number of fused-ring (bicyclic) bond motifs is 1. The van der Waals surface area contributed by atoms with Crippen LogP contribution in [0.15, 0.2) is 42.7 Å². The van der Waals surface area contributed by atoms with Crippen molar-refractivity contribution in [2.75, 3.05) is 5.73 Å². The second-order valence-corrected chi connectivity index (χ2v) is 4.95. The second kappa shape index (κ2) is 5.33. The molecule has 1 atom stereocenters. The second-order valence-electron chi connectivity index (χ2n) is 4.95. The van der Waals surface area contributed by atoms with Crippen LogP contribution in [0.25, 0.3) is 0 Å². The summed E-state index contributed by atoms with van der Waals surface area (Å²) in [6, 6.07) is 9.71. The van der Waals surface area contributed by atoms with Gasteiger partial charge in [-0.15, -0.1) is 0 Å². The van der Waals surface area contributed by atoms with Crippen LogP contribution in [0.1, 0.15) is 40.4 Å². The van der Waals surface area contributed by atoms with E-state index in [2.05, 4.69) is 11.1 Å². The molecule has 1 aliphatic rings. The number of aromatic nitrogens is 1. The van der Waals surface area contributed by atoms with Gasteiger partial charge >= 0.3 is 5.97 Å². The van der Waals surface area contributed by atoms with Crippen LogP contribution in [0.2, 0.25) is 0 Å². The van der Waals surface area contributed by atoms with Crippen molar-refractivity contribution in [3.8, 4) is 0 Å². The van der Waals surface area contributed by atoms with E-state index in [0.29, 0.717) is 11.3 Å². The number of nitrogen functional groups attached to an aromatic ring is 1. The Bertz CT molecular complexity index is 640. The van der Waals surface area contributed by atoms with E-state index in [1.54, 1.807) is 12.3 Å². The summed E-state index contributed by atoms with van der Waals surface area (Å²) < 4.78 is 5.64. The van der Waals surface area contributed by atoms with Crippen LogP contribution in [0.3, 0.4) is 0 Å². The number of ether oxygens (including phenoxy) is 1. The van der Waals surface area contributed by atoms with Crippen LogP contribution in [0, 0.1) is 0 Å². The molecule has 3 rings (SSSR count). The number of nitrogens with two attached hydrogens (primary N) is 1. The van der Waals surface area contributed by atoms with E-state index in [4.69, 9.17) is 10.5 Å². The Balaban J connectivity index is 1.83. The van der Waals surface area contributed by atoms with Crippen LogP contribution in [-0.4, -0.2) is 11.0 Å². The highest BCUT2D eigenvalue weighted by atomic mass is 16.5. The summed E-state index contributed by atoms with van der Waals surface area (Å²) in [5, 5.41) is 0. The Hall–Kier alpha value is -2.36. The molecule has 0 saturated carbocycles. The lowest BCUT2D eigenvalue weighted by atomic mass is 9.89. The van der Waals surface area contributed by atoms with Crippen LogP contribution in [0.5, 0.6) is 0 Å². The molecule has 2 N–H and O–H groups in total. The first-order valence-electron chi connectivity index (χ1n) is 6.74. The zero-order valence-electron chi connectivity index (χ0n) is 11.1. The molecule has 0 aliphatic heterocycles. The fourth-order valence-electron chi connectivity index (χ4n) is 2.62. The third kappa shape index (κ3) is 2.37. The highest BCUT2D eigenvalue weighted by Crippen LogP contribution is 2.33. The summed E-state index contributed by atoms with van der Waals surface area (Å²) in [6.07, 6.45) is 5.75. The average Bonchev–Trinajstić information content (AvgIpc) is 2.48. The lowest BCUT2D eigenvalue weighted by molar-refractivity contribution is 0.0257. The number of hydrogen-bond donors (Lipinski definition) is 1. The maximum absolute atomic E-state index is 12.2. The van der Waals surface area contributed by atoms with Crippen molar-refractivity contribution in [2.24, 2.45) is 0 Å². The number of carbonyl (C=O) groups excluding carboxylic acids is 1. The molecule has 4 heteroatoms. The zero-order chi connectivity index (χ0) is 13.9. The molecule has 0 saturated heterocycles. The van der Waals surface area contributed by atoms with Gasteiger partial charge in [0, 0.05) is 6.20 Å². The molecule has 0 spiro atoms. The van der Waals surface area contributed by atoms with E-state index in [0.717, 1.165) is 24.8 Å². The smallest absolute Gasteiger partial charge is 0.340 e. The normalized spacial score (nSPS) is 17.3. The Kier molecular flexibility index (Phi) is 3.37. The first-order valence-corrected chi connectivity index (χ1v) is 6.74. The zero-order valence-corrected chi connectivity index (χ0v) is 11.1. The fraction of sp³-hybridized carbons (Fsp3) is 0.250. The number of rotatable bonds is 2. The number of benzene rings is 1. The largest absolute Gasteiger partial charge is 0.454 e. The minimum Gasteiger partial charge on any atom is -0.454 e. The van der Waals surface area contributed by atoms with Gasteiger partial charge in [0.2, 0.25) is 0 Å². The first-order chi connectivity index (χ1) is 9.75. The molecule has 1 aromatic heterocycles. The number of anilines is 1. The number of nitrogens with zero attached hydrogens (tertiary/aromatic N) is 1. The Morgan fingerprint density at radius 2 is 2.15 bits per heavy atom. The van der Waals surface area contributed by atoms with Crippen LogP contribution >= 0.6 is 0 Å². The standard InChI is InChI=1S/C16H16N2O2/c17-14-10-18-9-8-13(14)16(19)20-15-7-3-5-11-4-1-2-6-12(11)15/h1-2,4,6,8-10,15H,3,5,7,17H2. The van der Waals surface area contributed by atoms with Gasteiger partial charge in [0.15, 0.2) is 0 Å². The Morgan fingerprint density at radius 3 is 3.00 bits per heavy atom. The fourth-order valence-corrected chi connectivity index (χ4v) is 2.62. The molecule has 0 bridgehead atoms. The van der Waals surface area contributed by atoms with Crippen molar-refractivity contribution in [3.63, 3.8) is 0 Å². The molecular weight excluding hydrogens is 252 g/mol. The molecule has 0 radical (unpaired) electrons. The van der Waals surface area contributed by atoms with Gasteiger partial charge in [-0.1, -0.05) is 24.3 Å². The van der Waals surface area contributed by atoms with Crippen molar-refractivity contribution >= 4 is 11.7 Å². The van der Waals surface area contributed by atoms with Crippen LogP contribution in [-0.2, 0) is 11.2 Å². The number of esters is 1. The Labute approximate surface area is 117 Å².